The molecule has 100 valence electrons. The first-order valence-corrected chi connectivity index (χ1v) is 6.83. The number of ether oxygens (including phenoxy) is 1. The van der Waals surface area contributed by atoms with Crippen molar-refractivity contribution in [1.82, 2.24) is 0 Å². The minimum atomic E-state index is 0.309. The highest BCUT2D eigenvalue weighted by molar-refractivity contribution is 5.78. The van der Waals surface area contributed by atoms with E-state index in [1.165, 1.54) is 5.56 Å². The molecule has 1 aromatic carbocycles. The zero-order chi connectivity index (χ0) is 13.4. The fourth-order valence-electron chi connectivity index (χ4n) is 2.07. The van der Waals surface area contributed by atoms with Crippen LogP contribution in [0.2, 0.25) is 0 Å². The summed E-state index contributed by atoms with van der Waals surface area (Å²) in [6.07, 6.45) is 3.48. The molecule has 0 aliphatic rings. The van der Waals surface area contributed by atoms with E-state index in [-0.39, 0.29) is 0 Å². The summed E-state index contributed by atoms with van der Waals surface area (Å²) < 4.78 is 5.58. The predicted octanol–water partition coefficient (Wildman–Crippen LogP) is 4.16. The Bertz CT molecular complexity index is 371. The van der Waals surface area contributed by atoms with Crippen LogP contribution in [0.1, 0.15) is 45.1 Å². The lowest BCUT2D eigenvalue weighted by Crippen LogP contribution is -2.10. The largest absolute Gasteiger partial charge is 0.493 e. The maximum Gasteiger partial charge on any atom is 0.136 e. The molecule has 0 amide bonds. The van der Waals surface area contributed by atoms with Crippen LogP contribution in [0.15, 0.2) is 24.3 Å². The van der Waals surface area contributed by atoms with Crippen LogP contribution in [-0.2, 0) is 4.79 Å². The molecule has 0 N–H and O–H groups in total. The van der Waals surface area contributed by atoms with Gasteiger partial charge < -0.3 is 4.74 Å². The summed E-state index contributed by atoms with van der Waals surface area (Å²) in [6.45, 7) is 6.82. The average Bonchev–Trinajstić information content (AvgIpc) is 2.29. The van der Waals surface area contributed by atoms with Crippen LogP contribution in [0.25, 0.3) is 0 Å². The molecule has 0 saturated carbocycles. The van der Waals surface area contributed by atoms with Crippen LogP contribution in [0, 0.1) is 12.8 Å². The van der Waals surface area contributed by atoms with E-state index in [2.05, 4.69) is 13.8 Å². The summed E-state index contributed by atoms with van der Waals surface area (Å²) in [7, 11) is 0. The van der Waals surface area contributed by atoms with Gasteiger partial charge in [0.15, 0.2) is 0 Å². The van der Waals surface area contributed by atoms with Gasteiger partial charge in [0.2, 0.25) is 0 Å². The number of hydrogen-bond donors (Lipinski definition) is 0. The lowest BCUT2D eigenvalue weighted by atomic mass is 9.98. The summed E-state index contributed by atoms with van der Waals surface area (Å²) in [5.74, 6) is 1.66. The molecule has 0 spiro atoms. The third-order valence-electron chi connectivity index (χ3n) is 3.00. The molecule has 0 aliphatic carbocycles. The molecule has 0 aromatic heterocycles. The van der Waals surface area contributed by atoms with Gasteiger partial charge in [0, 0.05) is 12.8 Å². The van der Waals surface area contributed by atoms with E-state index in [0.29, 0.717) is 31.1 Å². The minimum Gasteiger partial charge on any atom is -0.493 e. The lowest BCUT2D eigenvalue weighted by Gasteiger charge is -2.09. The third-order valence-corrected chi connectivity index (χ3v) is 3.00. The first-order valence-electron chi connectivity index (χ1n) is 6.83. The van der Waals surface area contributed by atoms with Crippen LogP contribution in [0.3, 0.4) is 0 Å². The average molecular weight is 248 g/mol. The molecule has 1 aromatic rings. The van der Waals surface area contributed by atoms with Crippen LogP contribution in [-0.4, -0.2) is 12.4 Å². The number of ketones is 1. The number of aryl methyl sites for hydroxylation is 1. The fourth-order valence-corrected chi connectivity index (χ4v) is 2.07. The van der Waals surface area contributed by atoms with Crippen molar-refractivity contribution >= 4 is 5.78 Å². The van der Waals surface area contributed by atoms with E-state index in [9.17, 15) is 4.79 Å². The van der Waals surface area contributed by atoms with Crippen LogP contribution in [0.5, 0.6) is 5.75 Å². The molecule has 0 heterocycles. The SMILES string of the molecule is CCCC(C)CC(=O)CCOc1cccc(C)c1. The Balaban J connectivity index is 2.23. The maximum atomic E-state index is 11.7. The molecule has 18 heavy (non-hydrogen) atoms. The van der Waals surface area contributed by atoms with Crippen molar-refractivity contribution < 1.29 is 9.53 Å². The van der Waals surface area contributed by atoms with Gasteiger partial charge in [0.05, 0.1) is 6.61 Å². The smallest absolute Gasteiger partial charge is 0.136 e. The molecular weight excluding hydrogens is 224 g/mol. The van der Waals surface area contributed by atoms with E-state index >= 15 is 0 Å². The van der Waals surface area contributed by atoms with Gasteiger partial charge in [-0.15, -0.1) is 0 Å². The van der Waals surface area contributed by atoms with Crippen molar-refractivity contribution in [3.8, 4) is 5.75 Å². The third kappa shape index (κ3) is 5.85. The lowest BCUT2D eigenvalue weighted by molar-refractivity contribution is -0.120. The molecule has 0 fully saturated rings. The number of Topliss-reactive ketones (excluding diaryl/α,β-unsaturated/α-hetero) is 1. The van der Waals surface area contributed by atoms with Gasteiger partial charge in [-0.3, -0.25) is 4.79 Å². The Morgan fingerprint density at radius 3 is 2.83 bits per heavy atom. The summed E-state index contributed by atoms with van der Waals surface area (Å²) in [5.41, 5.74) is 1.18. The summed E-state index contributed by atoms with van der Waals surface area (Å²) in [4.78, 5) is 11.7. The van der Waals surface area contributed by atoms with Gasteiger partial charge in [0.1, 0.15) is 11.5 Å². The topological polar surface area (TPSA) is 26.3 Å². The summed E-state index contributed by atoms with van der Waals surface area (Å²) in [6, 6.07) is 7.92. The van der Waals surface area contributed by atoms with Crippen molar-refractivity contribution in [2.45, 2.75) is 46.5 Å². The normalized spacial score (nSPS) is 12.2. The number of hydrogen-bond acceptors (Lipinski definition) is 2. The second-order valence-electron chi connectivity index (χ2n) is 5.05. The van der Waals surface area contributed by atoms with E-state index in [0.717, 1.165) is 18.6 Å². The van der Waals surface area contributed by atoms with Gasteiger partial charge >= 0.3 is 0 Å². The van der Waals surface area contributed by atoms with Crippen molar-refractivity contribution in [3.05, 3.63) is 29.8 Å². The standard InChI is InChI=1S/C16H24O2/c1-4-6-13(2)11-15(17)9-10-18-16-8-5-7-14(3)12-16/h5,7-8,12-13H,4,6,9-11H2,1-3H3. The van der Waals surface area contributed by atoms with Gasteiger partial charge in [-0.25, -0.2) is 0 Å². The van der Waals surface area contributed by atoms with Gasteiger partial charge in [-0.2, -0.15) is 0 Å². The zero-order valence-electron chi connectivity index (χ0n) is 11.7. The molecule has 0 bridgehead atoms. The Kier molecular flexibility index (Phi) is 6.48. The predicted molar refractivity (Wildman–Crippen MR) is 75.0 cm³/mol. The molecule has 0 aliphatic heterocycles. The molecular formula is C16H24O2. The zero-order valence-corrected chi connectivity index (χ0v) is 11.7. The van der Waals surface area contributed by atoms with Gasteiger partial charge in [-0.05, 0) is 30.5 Å². The second-order valence-corrected chi connectivity index (χ2v) is 5.05. The van der Waals surface area contributed by atoms with Gasteiger partial charge in [-0.1, -0.05) is 38.8 Å². The maximum absolute atomic E-state index is 11.7. The monoisotopic (exact) mass is 248 g/mol. The summed E-state index contributed by atoms with van der Waals surface area (Å²) in [5, 5.41) is 0. The summed E-state index contributed by atoms with van der Waals surface area (Å²) >= 11 is 0. The molecule has 1 unspecified atom stereocenters. The first kappa shape index (κ1) is 14.7. The Morgan fingerprint density at radius 2 is 2.17 bits per heavy atom. The Hall–Kier alpha value is -1.31. The molecule has 2 nitrogen and oxygen atoms in total. The Labute approximate surface area is 110 Å². The number of carbonyl (C=O) groups excluding carboxylic acids is 1. The van der Waals surface area contributed by atoms with E-state index < -0.39 is 0 Å². The van der Waals surface area contributed by atoms with Crippen molar-refractivity contribution in [2.24, 2.45) is 5.92 Å². The van der Waals surface area contributed by atoms with E-state index in [4.69, 9.17) is 4.74 Å². The molecule has 0 radical (unpaired) electrons. The highest BCUT2D eigenvalue weighted by Crippen LogP contribution is 2.14. The van der Waals surface area contributed by atoms with Crippen molar-refractivity contribution in [2.75, 3.05) is 6.61 Å². The van der Waals surface area contributed by atoms with Crippen LogP contribution in [0.4, 0.5) is 0 Å². The Morgan fingerprint density at radius 1 is 1.39 bits per heavy atom. The van der Waals surface area contributed by atoms with Crippen LogP contribution < -0.4 is 4.74 Å². The minimum absolute atomic E-state index is 0.309. The highest BCUT2D eigenvalue weighted by atomic mass is 16.5. The fraction of sp³-hybridized carbons (Fsp3) is 0.562. The van der Waals surface area contributed by atoms with Crippen molar-refractivity contribution in [3.63, 3.8) is 0 Å². The number of rotatable bonds is 8. The van der Waals surface area contributed by atoms with Crippen molar-refractivity contribution in [1.29, 1.82) is 0 Å². The van der Waals surface area contributed by atoms with E-state index in [1.54, 1.807) is 0 Å². The number of benzene rings is 1. The first-order chi connectivity index (χ1) is 8.61. The molecule has 1 atom stereocenters. The quantitative estimate of drug-likeness (QED) is 0.690. The van der Waals surface area contributed by atoms with E-state index in [1.807, 2.05) is 31.2 Å². The molecule has 1 rings (SSSR count). The van der Waals surface area contributed by atoms with Gasteiger partial charge in [0.25, 0.3) is 0 Å². The highest BCUT2D eigenvalue weighted by Gasteiger charge is 2.08. The van der Waals surface area contributed by atoms with Crippen LogP contribution >= 0.6 is 0 Å². The molecule has 2 heteroatoms. The molecule has 0 saturated heterocycles. The number of carbonyl (C=O) groups is 1. The second kappa shape index (κ2) is 7.91.